The smallest absolute Gasteiger partial charge is 0.123 e. The maximum atomic E-state index is 13.3. The van der Waals surface area contributed by atoms with Gasteiger partial charge in [0.15, 0.2) is 0 Å². The largest absolute Gasteiger partial charge is 0.311 e. The minimum absolute atomic E-state index is 0.149. The Morgan fingerprint density at radius 2 is 2.31 bits per heavy atom. The fraction of sp³-hybridized carbons (Fsp3) is 0.273. The van der Waals surface area contributed by atoms with Crippen LogP contribution in [-0.4, -0.2) is 10.5 Å². The lowest BCUT2D eigenvalue weighted by molar-refractivity contribution is 0.628. The zero-order chi connectivity index (χ0) is 11.1. The fourth-order valence-electron chi connectivity index (χ4n) is 2.31. The number of hydrogen-bond donors (Lipinski definition) is 1. The highest BCUT2D eigenvalue weighted by molar-refractivity contribution is 14.2. The van der Waals surface area contributed by atoms with Crippen LogP contribution in [0.2, 0.25) is 0 Å². The zero-order valence-electron chi connectivity index (χ0n) is 8.46. The molecule has 1 N–H and O–H groups in total. The lowest BCUT2D eigenvalue weighted by Gasteiger charge is -2.14. The van der Waals surface area contributed by atoms with Gasteiger partial charge in [-0.25, -0.2) is 4.39 Å². The van der Waals surface area contributed by atoms with Crippen molar-refractivity contribution in [1.82, 2.24) is 9.29 Å². The molecular formula is C11H10FIN2S. The van der Waals surface area contributed by atoms with E-state index in [2.05, 4.69) is 30.5 Å². The molecule has 0 atom stereocenters. The van der Waals surface area contributed by atoms with Crippen LogP contribution in [0.1, 0.15) is 11.3 Å². The summed E-state index contributed by atoms with van der Waals surface area (Å²) < 4.78 is 15.5. The van der Waals surface area contributed by atoms with Crippen LogP contribution < -0.4 is 5.32 Å². The first kappa shape index (κ1) is 10.9. The molecule has 5 heteroatoms. The number of halogens is 2. The maximum absolute atomic E-state index is 13.3. The monoisotopic (exact) mass is 348 g/mol. The first-order valence-electron chi connectivity index (χ1n) is 5.13. The number of fused-ring (bicyclic) bond motifs is 3. The molecule has 0 unspecified atom stereocenters. The number of rotatable bonds is 1. The van der Waals surface area contributed by atoms with E-state index in [4.69, 9.17) is 0 Å². The predicted octanol–water partition coefficient (Wildman–Crippen LogP) is 3.27. The van der Waals surface area contributed by atoms with Gasteiger partial charge in [-0.05, 0) is 36.7 Å². The third-order valence-electron chi connectivity index (χ3n) is 3.01. The van der Waals surface area contributed by atoms with Gasteiger partial charge in [-0.15, -0.1) is 0 Å². The van der Waals surface area contributed by atoms with Gasteiger partial charge in [0.05, 0.1) is 5.52 Å². The fourth-order valence-corrected chi connectivity index (χ4v) is 4.15. The van der Waals surface area contributed by atoms with Gasteiger partial charge in [0.2, 0.25) is 0 Å². The van der Waals surface area contributed by atoms with Gasteiger partial charge in [0.1, 0.15) is 5.82 Å². The Labute approximate surface area is 109 Å². The van der Waals surface area contributed by atoms with Crippen LogP contribution in [0.4, 0.5) is 4.39 Å². The number of hydrogen-bond acceptors (Lipinski definition) is 2. The topological polar surface area (TPSA) is 17.0 Å². The van der Waals surface area contributed by atoms with Crippen LogP contribution in [-0.2, 0) is 13.0 Å². The predicted molar refractivity (Wildman–Crippen MR) is 74.3 cm³/mol. The normalized spacial score (nSPS) is 15.4. The minimum atomic E-state index is -0.149. The van der Waals surface area contributed by atoms with E-state index < -0.39 is 0 Å². The lowest BCUT2D eigenvalue weighted by atomic mass is 10.0. The molecule has 2 heterocycles. The van der Waals surface area contributed by atoms with Crippen molar-refractivity contribution in [1.29, 1.82) is 0 Å². The van der Waals surface area contributed by atoms with Crippen LogP contribution >= 0.6 is 30.3 Å². The van der Waals surface area contributed by atoms with Crippen LogP contribution in [0.3, 0.4) is 0 Å². The summed E-state index contributed by atoms with van der Waals surface area (Å²) in [6.07, 6.45) is 0.986. The van der Waals surface area contributed by atoms with Crippen molar-refractivity contribution in [2.75, 3.05) is 6.54 Å². The zero-order valence-corrected chi connectivity index (χ0v) is 11.4. The molecule has 1 aromatic carbocycles. The standard InChI is InChI=1S/C11H10FIN2S/c12-7-1-2-10-9(5-7)8-3-4-14-6-11(8)15(10)16-13/h1-2,5,14H,3-4,6H2. The Balaban J connectivity index is 2.37. The number of nitrogens with one attached hydrogen (secondary N) is 1. The Morgan fingerprint density at radius 3 is 3.12 bits per heavy atom. The van der Waals surface area contributed by atoms with Crippen molar-refractivity contribution in [2.45, 2.75) is 13.0 Å². The second kappa shape index (κ2) is 4.19. The molecule has 2 nitrogen and oxygen atoms in total. The molecule has 1 aromatic heterocycles. The molecule has 0 amide bonds. The van der Waals surface area contributed by atoms with E-state index in [1.807, 2.05) is 6.07 Å². The third-order valence-corrected chi connectivity index (χ3v) is 4.75. The second-order valence-electron chi connectivity index (χ2n) is 3.88. The molecule has 0 fully saturated rings. The number of aromatic nitrogens is 1. The summed E-state index contributed by atoms with van der Waals surface area (Å²) >= 11 is 2.27. The first-order chi connectivity index (χ1) is 7.81. The van der Waals surface area contributed by atoms with Crippen molar-refractivity contribution in [3.05, 3.63) is 35.3 Å². The Kier molecular flexibility index (Phi) is 2.85. The quantitative estimate of drug-likeness (QED) is 0.797. The van der Waals surface area contributed by atoms with Crippen LogP contribution in [0.5, 0.6) is 0 Å². The molecule has 0 radical (unpaired) electrons. The van der Waals surface area contributed by atoms with Gasteiger partial charge in [-0.1, -0.05) is 0 Å². The molecule has 1 aliphatic rings. The van der Waals surface area contributed by atoms with Crippen molar-refractivity contribution >= 4 is 41.2 Å². The summed E-state index contributed by atoms with van der Waals surface area (Å²) in [6, 6.07) is 5.06. The summed E-state index contributed by atoms with van der Waals surface area (Å²) in [5.41, 5.74) is 3.71. The first-order valence-corrected chi connectivity index (χ1v) is 8.44. The summed E-state index contributed by atoms with van der Waals surface area (Å²) in [5, 5.41) is 4.43. The summed E-state index contributed by atoms with van der Waals surface area (Å²) in [6.45, 7) is 1.86. The molecule has 0 saturated heterocycles. The van der Waals surface area contributed by atoms with E-state index in [-0.39, 0.29) is 5.82 Å². The average molecular weight is 348 g/mol. The Bertz CT molecular complexity index is 552. The molecule has 0 saturated carbocycles. The number of nitrogens with zero attached hydrogens (tertiary/aromatic N) is 1. The molecule has 2 aromatic rings. The van der Waals surface area contributed by atoms with E-state index in [1.165, 1.54) is 17.3 Å². The SMILES string of the molecule is Fc1ccc2c(c1)c1c(n2SI)CNCC1. The second-order valence-corrected chi connectivity index (χ2v) is 5.56. The Hall–Kier alpha value is -0.270. The van der Waals surface area contributed by atoms with Crippen molar-refractivity contribution in [2.24, 2.45) is 0 Å². The van der Waals surface area contributed by atoms with Gasteiger partial charge < -0.3 is 5.32 Å². The van der Waals surface area contributed by atoms with Crippen LogP contribution in [0.25, 0.3) is 10.9 Å². The van der Waals surface area contributed by atoms with E-state index in [0.29, 0.717) is 0 Å². The van der Waals surface area contributed by atoms with E-state index in [0.717, 1.165) is 30.4 Å². The minimum Gasteiger partial charge on any atom is -0.311 e. The molecule has 16 heavy (non-hydrogen) atoms. The van der Waals surface area contributed by atoms with Gasteiger partial charge in [0, 0.05) is 47.9 Å². The maximum Gasteiger partial charge on any atom is 0.123 e. The van der Waals surface area contributed by atoms with Crippen LogP contribution in [0.15, 0.2) is 18.2 Å². The molecule has 0 aliphatic carbocycles. The Morgan fingerprint density at radius 1 is 1.44 bits per heavy atom. The van der Waals surface area contributed by atoms with E-state index in [9.17, 15) is 4.39 Å². The van der Waals surface area contributed by atoms with Gasteiger partial charge in [-0.3, -0.25) is 3.97 Å². The molecule has 1 aliphatic heterocycles. The number of benzene rings is 1. The molecule has 0 spiro atoms. The summed E-state index contributed by atoms with van der Waals surface area (Å²) in [7, 11) is 1.65. The highest BCUT2D eigenvalue weighted by Gasteiger charge is 2.19. The molecule has 0 bridgehead atoms. The van der Waals surface area contributed by atoms with Crippen molar-refractivity contribution < 1.29 is 4.39 Å². The highest BCUT2D eigenvalue weighted by Crippen LogP contribution is 2.34. The third kappa shape index (κ3) is 1.56. The van der Waals surface area contributed by atoms with Crippen molar-refractivity contribution in [3.8, 4) is 0 Å². The van der Waals surface area contributed by atoms with Gasteiger partial charge in [-0.2, -0.15) is 0 Å². The van der Waals surface area contributed by atoms with Gasteiger partial charge in [0.25, 0.3) is 0 Å². The average Bonchev–Trinajstić information content (AvgIpc) is 2.62. The van der Waals surface area contributed by atoms with E-state index >= 15 is 0 Å². The molecule has 3 rings (SSSR count). The van der Waals surface area contributed by atoms with E-state index in [1.54, 1.807) is 15.2 Å². The highest BCUT2D eigenvalue weighted by atomic mass is 127. The molecule has 84 valence electrons. The van der Waals surface area contributed by atoms with Crippen LogP contribution in [0, 0.1) is 5.82 Å². The summed E-state index contributed by atoms with van der Waals surface area (Å²) in [4.78, 5) is 0. The molecular weight excluding hydrogens is 338 g/mol. The lowest BCUT2D eigenvalue weighted by Crippen LogP contribution is -2.24. The summed E-state index contributed by atoms with van der Waals surface area (Å²) in [5.74, 6) is -0.149. The van der Waals surface area contributed by atoms with Crippen molar-refractivity contribution in [3.63, 3.8) is 0 Å². The van der Waals surface area contributed by atoms with Gasteiger partial charge >= 0.3 is 0 Å².